The van der Waals surface area contributed by atoms with Gasteiger partial charge in [-0.25, -0.2) is 4.63 Å². The average molecular weight is 362 g/mol. The van der Waals surface area contributed by atoms with Gasteiger partial charge in [0.2, 0.25) is 11.6 Å². The molecule has 3 rings (SSSR count). The summed E-state index contributed by atoms with van der Waals surface area (Å²) < 4.78 is 6.00. The molecule has 0 spiro atoms. The lowest BCUT2D eigenvalue weighted by Gasteiger charge is -2.14. The Bertz CT molecular complexity index is 785. The molecule has 2 aromatic rings. The first-order valence-electron chi connectivity index (χ1n) is 8.62. The summed E-state index contributed by atoms with van der Waals surface area (Å²) in [4.78, 5) is 13.6. The number of quaternary nitrogens is 1. The quantitative estimate of drug-likeness (QED) is 0.478. The van der Waals surface area contributed by atoms with Gasteiger partial charge in [-0.2, -0.15) is 4.68 Å². The fraction of sp³-hybridized carbons (Fsp3) is 0.533. The molecule has 0 aromatic carbocycles. The van der Waals surface area contributed by atoms with Crippen LogP contribution in [0.1, 0.15) is 48.3 Å². The number of aromatic nitrogens is 5. The highest BCUT2D eigenvalue weighted by molar-refractivity contribution is 5.93. The molecule has 5 N–H and O–H groups in total. The van der Waals surface area contributed by atoms with E-state index < -0.39 is 0 Å². The second-order valence-corrected chi connectivity index (χ2v) is 6.62. The van der Waals surface area contributed by atoms with Crippen LogP contribution < -0.4 is 21.5 Å². The van der Waals surface area contributed by atoms with Crippen LogP contribution in [0.3, 0.4) is 0 Å². The first kappa shape index (κ1) is 17.9. The molecular weight excluding hydrogens is 338 g/mol. The van der Waals surface area contributed by atoms with Crippen LogP contribution in [-0.2, 0) is 6.54 Å². The Labute approximate surface area is 150 Å². The van der Waals surface area contributed by atoms with Gasteiger partial charge in [-0.1, -0.05) is 17.2 Å². The van der Waals surface area contributed by atoms with Crippen molar-refractivity contribution < 1.29 is 14.3 Å². The highest BCUT2D eigenvalue weighted by Gasteiger charge is 2.25. The van der Waals surface area contributed by atoms with Gasteiger partial charge < -0.3 is 16.1 Å². The van der Waals surface area contributed by atoms with Crippen molar-refractivity contribution in [1.82, 2.24) is 36.2 Å². The minimum absolute atomic E-state index is 0.0806. The number of carbonyl (C=O) groups excluding carboxylic acids is 1. The fourth-order valence-electron chi connectivity index (χ4n) is 2.89. The summed E-state index contributed by atoms with van der Waals surface area (Å²) >= 11 is 0. The minimum atomic E-state index is -0.379. The molecule has 11 nitrogen and oxygen atoms in total. The molecule has 0 bridgehead atoms. The highest BCUT2D eigenvalue weighted by atomic mass is 16.6. The lowest BCUT2D eigenvalue weighted by Crippen LogP contribution is -3.04. The largest absolute Gasteiger partial charge is 0.378 e. The van der Waals surface area contributed by atoms with E-state index in [2.05, 4.69) is 36.1 Å². The maximum absolute atomic E-state index is 12.5. The molecule has 1 amide bonds. The second kappa shape index (κ2) is 7.95. The Morgan fingerprint density at radius 3 is 2.73 bits per heavy atom. The number of hydrogen-bond acceptors (Lipinski definition) is 8. The number of rotatable bonds is 6. The summed E-state index contributed by atoms with van der Waals surface area (Å²) in [7, 11) is 3.91. The van der Waals surface area contributed by atoms with Gasteiger partial charge in [-0.15, -0.1) is 5.10 Å². The third-order valence-corrected chi connectivity index (χ3v) is 4.15. The number of allylic oxidation sites excluding steroid dienone is 1. The van der Waals surface area contributed by atoms with Crippen LogP contribution >= 0.6 is 0 Å². The zero-order chi connectivity index (χ0) is 18.5. The van der Waals surface area contributed by atoms with Crippen molar-refractivity contribution in [2.24, 2.45) is 0 Å². The first-order chi connectivity index (χ1) is 12.6. The van der Waals surface area contributed by atoms with E-state index in [1.54, 1.807) is 0 Å². The van der Waals surface area contributed by atoms with Crippen molar-refractivity contribution >= 4 is 11.7 Å². The van der Waals surface area contributed by atoms with Gasteiger partial charge >= 0.3 is 0 Å². The summed E-state index contributed by atoms with van der Waals surface area (Å²) in [6, 6.07) is 0. The second-order valence-electron chi connectivity index (χ2n) is 6.62. The minimum Gasteiger partial charge on any atom is -0.378 e. The van der Waals surface area contributed by atoms with Crippen molar-refractivity contribution in [3.8, 4) is 5.82 Å². The molecule has 0 aliphatic heterocycles. The molecule has 140 valence electrons. The normalized spacial score (nSPS) is 14.5. The van der Waals surface area contributed by atoms with Crippen LogP contribution in [0.15, 0.2) is 16.4 Å². The molecule has 0 unspecified atom stereocenters. The van der Waals surface area contributed by atoms with Crippen molar-refractivity contribution in [1.29, 1.82) is 0 Å². The Morgan fingerprint density at radius 2 is 2.08 bits per heavy atom. The van der Waals surface area contributed by atoms with Crippen molar-refractivity contribution in [2.45, 2.75) is 38.6 Å². The van der Waals surface area contributed by atoms with Crippen molar-refractivity contribution in [3.05, 3.63) is 23.2 Å². The summed E-state index contributed by atoms with van der Waals surface area (Å²) in [6.07, 6.45) is 7.64. The Kier molecular flexibility index (Phi) is 5.46. The molecule has 1 aliphatic rings. The average Bonchev–Trinajstić information content (AvgIpc) is 3.21. The molecule has 0 radical (unpaired) electrons. The standard InChI is InChI=1S/C15H23N9O2/c1-23(2)9-11-12(18-22-24(11)14-13(16)20-26-21-14)15(25)19-17-8-10-6-4-3-5-7-10/h8,17H,3-7,9H2,1-2H3,(H2,16,20)(H,19,25)/p+1. The van der Waals surface area contributed by atoms with Gasteiger partial charge in [-0.05, 0) is 36.0 Å². The van der Waals surface area contributed by atoms with Crippen LogP contribution in [0, 0.1) is 0 Å². The predicted octanol–water partition coefficient (Wildman–Crippen LogP) is -1.04. The Balaban J connectivity index is 1.76. The van der Waals surface area contributed by atoms with Crippen molar-refractivity contribution in [2.75, 3.05) is 19.8 Å². The zero-order valence-corrected chi connectivity index (χ0v) is 14.9. The van der Waals surface area contributed by atoms with Crippen LogP contribution in [-0.4, -0.2) is 45.3 Å². The van der Waals surface area contributed by atoms with E-state index >= 15 is 0 Å². The summed E-state index contributed by atoms with van der Waals surface area (Å²) in [5.41, 5.74) is 13.3. The molecule has 0 atom stereocenters. The maximum atomic E-state index is 12.5. The lowest BCUT2D eigenvalue weighted by atomic mass is 9.96. The SMILES string of the molecule is C[NH+](C)Cc1c(C(=O)NNC=C2CCCCC2)nnn1-c1nonc1N. The monoisotopic (exact) mass is 362 g/mol. The molecule has 2 heterocycles. The molecule has 1 saturated carbocycles. The first-order valence-corrected chi connectivity index (χ1v) is 8.62. The lowest BCUT2D eigenvalue weighted by molar-refractivity contribution is -0.873. The van der Waals surface area contributed by atoms with E-state index in [4.69, 9.17) is 5.73 Å². The van der Waals surface area contributed by atoms with Crippen molar-refractivity contribution in [3.63, 3.8) is 0 Å². The molecule has 1 aliphatic carbocycles. The van der Waals surface area contributed by atoms with Gasteiger partial charge in [0.05, 0.1) is 14.1 Å². The molecular formula is C15H24N9O2+. The Hall–Kier alpha value is -2.95. The summed E-state index contributed by atoms with van der Waals surface area (Å²) in [5, 5.41) is 15.3. The van der Waals surface area contributed by atoms with Gasteiger partial charge in [-0.3, -0.25) is 10.2 Å². The number of nitrogen functional groups attached to an aromatic ring is 1. The number of nitrogens with two attached hydrogens (primary N) is 1. The van der Waals surface area contributed by atoms with Crippen LogP contribution in [0.4, 0.5) is 5.82 Å². The number of anilines is 1. The van der Waals surface area contributed by atoms with E-state index in [-0.39, 0.29) is 23.2 Å². The summed E-state index contributed by atoms with van der Waals surface area (Å²) in [5.74, 6) is -0.0858. The smallest absolute Gasteiger partial charge is 0.292 e. The van der Waals surface area contributed by atoms with Gasteiger partial charge in [0.25, 0.3) is 5.91 Å². The predicted molar refractivity (Wildman–Crippen MR) is 91.9 cm³/mol. The molecule has 1 fully saturated rings. The highest BCUT2D eigenvalue weighted by Crippen LogP contribution is 2.21. The van der Waals surface area contributed by atoms with E-state index in [0.29, 0.717) is 12.2 Å². The number of nitrogens with zero attached hydrogens (tertiary/aromatic N) is 5. The van der Waals surface area contributed by atoms with Crippen LogP contribution in [0.25, 0.3) is 5.82 Å². The third kappa shape index (κ3) is 3.99. The molecule has 2 aromatic heterocycles. The van der Waals surface area contributed by atoms with Crippen LogP contribution in [0.5, 0.6) is 0 Å². The van der Waals surface area contributed by atoms with E-state index in [0.717, 1.165) is 17.7 Å². The molecule has 0 saturated heterocycles. The number of carbonyl (C=O) groups is 1. The molecule has 26 heavy (non-hydrogen) atoms. The maximum Gasteiger partial charge on any atom is 0.292 e. The van der Waals surface area contributed by atoms with Crippen LogP contribution in [0.2, 0.25) is 0 Å². The number of nitrogens with one attached hydrogen (secondary N) is 3. The topological polar surface area (TPSA) is 141 Å². The fourth-order valence-corrected chi connectivity index (χ4v) is 2.89. The zero-order valence-electron chi connectivity index (χ0n) is 14.9. The third-order valence-electron chi connectivity index (χ3n) is 4.15. The Morgan fingerprint density at radius 1 is 1.31 bits per heavy atom. The number of hydrazine groups is 1. The van der Waals surface area contributed by atoms with E-state index in [9.17, 15) is 4.79 Å². The van der Waals surface area contributed by atoms with Gasteiger partial charge in [0, 0.05) is 6.20 Å². The van der Waals surface area contributed by atoms with E-state index in [1.807, 2.05) is 20.3 Å². The summed E-state index contributed by atoms with van der Waals surface area (Å²) in [6.45, 7) is 0.489. The number of amides is 1. The van der Waals surface area contributed by atoms with E-state index in [1.165, 1.54) is 29.5 Å². The number of hydrogen-bond donors (Lipinski definition) is 4. The van der Waals surface area contributed by atoms with Gasteiger partial charge in [0.15, 0.2) is 5.69 Å². The van der Waals surface area contributed by atoms with Gasteiger partial charge in [0.1, 0.15) is 12.2 Å². The molecule has 11 heteroatoms.